The van der Waals surface area contributed by atoms with Crippen molar-refractivity contribution < 1.29 is 18.4 Å². The van der Waals surface area contributed by atoms with Crippen molar-refractivity contribution >= 4 is 17.5 Å². The number of hydrogen-bond donors (Lipinski definition) is 0. The summed E-state index contributed by atoms with van der Waals surface area (Å²) in [6.45, 7) is 2.16. The third kappa shape index (κ3) is 3.83. The van der Waals surface area contributed by atoms with Crippen molar-refractivity contribution in [1.82, 2.24) is 9.91 Å². The molecule has 1 unspecified atom stereocenters. The smallest absolute Gasteiger partial charge is 0.270 e. The van der Waals surface area contributed by atoms with Crippen LogP contribution in [0.1, 0.15) is 50.0 Å². The summed E-state index contributed by atoms with van der Waals surface area (Å²) in [4.78, 5) is 27.3. The molecule has 6 nitrogen and oxygen atoms in total. The lowest BCUT2D eigenvalue weighted by atomic mass is 10.1. The predicted octanol–water partition coefficient (Wildman–Crippen LogP) is 3.65. The first-order valence-electron chi connectivity index (χ1n) is 9.51. The fourth-order valence-corrected chi connectivity index (χ4v) is 3.47. The monoisotopic (exact) mass is 383 g/mol. The summed E-state index contributed by atoms with van der Waals surface area (Å²) in [5, 5.41) is 5.67. The van der Waals surface area contributed by atoms with Crippen LogP contribution in [0.4, 0.5) is 4.39 Å². The molecule has 2 aromatic rings. The molecule has 0 N–H and O–H groups in total. The average Bonchev–Trinajstić information content (AvgIpc) is 3.36. The van der Waals surface area contributed by atoms with E-state index in [1.54, 1.807) is 18.4 Å². The lowest BCUT2D eigenvalue weighted by molar-refractivity contribution is -0.133. The number of carbonyl (C=O) groups excluding carboxylic acids is 2. The number of nitrogens with zero attached hydrogens (tertiary/aromatic N) is 3. The fourth-order valence-electron chi connectivity index (χ4n) is 3.47. The van der Waals surface area contributed by atoms with Crippen LogP contribution < -0.4 is 0 Å². The minimum absolute atomic E-state index is 0.141. The van der Waals surface area contributed by atoms with Gasteiger partial charge in [0.2, 0.25) is 5.91 Å². The molecule has 2 heterocycles. The summed E-state index contributed by atoms with van der Waals surface area (Å²) in [6.07, 6.45) is 4.08. The summed E-state index contributed by atoms with van der Waals surface area (Å²) in [5.41, 5.74) is 1.14. The van der Waals surface area contributed by atoms with Gasteiger partial charge in [-0.2, -0.15) is 5.10 Å². The fraction of sp³-hybridized carbons (Fsp3) is 0.381. The van der Waals surface area contributed by atoms with Crippen molar-refractivity contribution in [2.45, 2.75) is 51.2 Å². The molecule has 2 aliphatic rings. The van der Waals surface area contributed by atoms with Gasteiger partial charge >= 0.3 is 0 Å². The van der Waals surface area contributed by atoms with E-state index in [2.05, 4.69) is 5.10 Å². The van der Waals surface area contributed by atoms with E-state index in [4.69, 9.17) is 4.42 Å². The maximum absolute atomic E-state index is 13.2. The van der Waals surface area contributed by atoms with Crippen LogP contribution in [0.25, 0.3) is 0 Å². The number of rotatable bonds is 6. The molecule has 1 aromatic heterocycles. The number of halogens is 1. The van der Waals surface area contributed by atoms with Gasteiger partial charge in [0.25, 0.3) is 5.91 Å². The van der Waals surface area contributed by atoms with Crippen molar-refractivity contribution in [2.75, 3.05) is 0 Å². The van der Waals surface area contributed by atoms with Gasteiger partial charge in [0.1, 0.15) is 17.3 Å². The molecule has 1 atom stereocenters. The van der Waals surface area contributed by atoms with E-state index in [1.807, 2.05) is 24.0 Å². The van der Waals surface area contributed by atoms with Crippen LogP contribution in [-0.2, 0) is 16.1 Å². The molecule has 0 spiro atoms. The minimum Gasteiger partial charge on any atom is -0.467 e. The van der Waals surface area contributed by atoms with Gasteiger partial charge in [0.15, 0.2) is 0 Å². The Hall–Kier alpha value is -2.96. The molecule has 28 heavy (non-hydrogen) atoms. The Kier molecular flexibility index (Phi) is 4.98. The summed E-state index contributed by atoms with van der Waals surface area (Å²) in [7, 11) is 0. The van der Waals surface area contributed by atoms with Gasteiger partial charge in [0, 0.05) is 18.9 Å². The van der Waals surface area contributed by atoms with E-state index in [-0.39, 0.29) is 42.7 Å². The second kappa shape index (κ2) is 7.58. The van der Waals surface area contributed by atoms with Gasteiger partial charge in [-0.1, -0.05) is 12.1 Å². The third-order valence-electron chi connectivity index (χ3n) is 5.14. The topological polar surface area (TPSA) is 66.1 Å². The number of carbonyl (C=O) groups is 2. The SMILES string of the molecule is CC(c1ccco1)N(C(=O)C1=NN(Cc2ccc(F)cc2)C(=O)CC1)C1CC1. The summed E-state index contributed by atoms with van der Waals surface area (Å²) in [6, 6.07) is 9.58. The van der Waals surface area contributed by atoms with Crippen molar-refractivity contribution in [3.8, 4) is 0 Å². The van der Waals surface area contributed by atoms with Gasteiger partial charge < -0.3 is 9.32 Å². The first-order chi connectivity index (χ1) is 13.5. The summed E-state index contributed by atoms with van der Waals surface area (Å²) >= 11 is 0. The van der Waals surface area contributed by atoms with Crippen LogP contribution in [0.3, 0.4) is 0 Å². The van der Waals surface area contributed by atoms with E-state index >= 15 is 0 Å². The Labute approximate surface area is 162 Å². The zero-order valence-corrected chi connectivity index (χ0v) is 15.7. The second-order valence-electron chi connectivity index (χ2n) is 7.26. The number of hydrazone groups is 1. The van der Waals surface area contributed by atoms with Crippen LogP contribution in [0.5, 0.6) is 0 Å². The molecule has 2 amide bonds. The molecule has 146 valence electrons. The maximum Gasteiger partial charge on any atom is 0.270 e. The molecule has 4 rings (SSSR count). The van der Waals surface area contributed by atoms with Crippen molar-refractivity contribution in [3.05, 3.63) is 59.8 Å². The minimum atomic E-state index is -0.333. The molecule has 1 saturated carbocycles. The zero-order chi connectivity index (χ0) is 19.7. The first-order valence-corrected chi connectivity index (χ1v) is 9.51. The number of benzene rings is 1. The van der Waals surface area contributed by atoms with E-state index in [0.29, 0.717) is 12.1 Å². The predicted molar refractivity (Wildman–Crippen MR) is 101 cm³/mol. The number of furan rings is 1. The highest BCUT2D eigenvalue weighted by Gasteiger charge is 2.40. The number of amides is 2. The van der Waals surface area contributed by atoms with E-state index in [0.717, 1.165) is 24.2 Å². The highest BCUT2D eigenvalue weighted by atomic mass is 19.1. The van der Waals surface area contributed by atoms with Crippen molar-refractivity contribution in [2.24, 2.45) is 5.10 Å². The normalized spacial score (nSPS) is 18.0. The van der Waals surface area contributed by atoms with Gasteiger partial charge in [0.05, 0.1) is 18.8 Å². The van der Waals surface area contributed by atoms with E-state index in [9.17, 15) is 14.0 Å². The molecule has 1 aliphatic carbocycles. The Morgan fingerprint density at radius 2 is 2.04 bits per heavy atom. The van der Waals surface area contributed by atoms with Crippen LogP contribution >= 0.6 is 0 Å². The summed E-state index contributed by atoms with van der Waals surface area (Å²) in [5.74, 6) is 0.108. The lowest BCUT2D eigenvalue weighted by Gasteiger charge is -2.30. The molecule has 0 radical (unpaired) electrons. The van der Waals surface area contributed by atoms with Crippen molar-refractivity contribution in [1.29, 1.82) is 0 Å². The molecular weight excluding hydrogens is 361 g/mol. The standard InChI is InChI=1S/C21H22FN3O3/c1-14(19-3-2-12-28-19)25(17-8-9-17)21(27)18-10-11-20(26)24(23-18)13-15-4-6-16(22)7-5-15/h2-7,12,14,17H,8-11,13H2,1H3. The third-order valence-corrected chi connectivity index (χ3v) is 5.14. The lowest BCUT2D eigenvalue weighted by Crippen LogP contribution is -2.43. The van der Waals surface area contributed by atoms with Crippen LogP contribution in [0.15, 0.2) is 52.2 Å². The molecule has 1 aromatic carbocycles. The maximum atomic E-state index is 13.2. The Balaban J connectivity index is 1.54. The second-order valence-corrected chi connectivity index (χ2v) is 7.26. The van der Waals surface area contributed by atoms with Crippen LogP contribution in [0.2, 0.25) is 0 Å². The molecule has 1 aliphatic heterocycles. The highest BCUT2D eigenvalue weighted by molar-refractivity contribution is 6.39. The van der Waals surface area contributed by atoms with E-state index < -0.39 is 0 Å². The Morgan fingerprint density at radius 3 is 2.68 bits per heavy atom. The Morgan fingerprint density at radius 1 is 1.29 bits per heavy atom. The number of hydrogen-bond acceptors (Lipinski definition) is 4. The van der Waals surface area contributed by atoms with E-state index in [1.165, 1.54) is 17.1 Å². The van der Waals surface area contributed by atoms with Gasteiger partial charge in [-0.25, -0.2) is 9.40 Å². The largest absolute Gasteiger partial charge is 0.467 e. The van der Waals surface area contributed by atoms with Gasteiger partial charge in [-0.3, -0.25) is 9.59 Å². The molecule has 0 bridgehead atoms. The first kappa shape index (κ1) is 18.4. The van der Waals surface area contributed by atoms with Gasteiger partial charge in [-0.05, 0) is 49.6 Å². The van der Waals surface area contributed by atoms with Crippen molar-refractivity contribution in [3.63, 3.8) is 0 Å². The van der Waals surface area contributed by atoms with Crippen LogP contribution in [0, 0.1) is 5.82 Å². The molecular formula is C21H22FN3O3. The van der Waals surface area contributed by atoms with Crippen LogP contribution in [-0.4, -0.2) is 33.5 Å². The zero-order valence-electron chi connectivity index (χ0n) is 15.7. The quantitative estimate of drug-likeness (QED) is 0.765. The summed E-state index contributed by atoms with van der Waals surface area (Å²) < 4.78 is 18.6. The van der Waals surface area contributed by atoms with Gasteiger partial charge in [-0.15, -0.1) is 0 Å². The average molecular weight is 383 g/mol. The Bertz CT molecular complexity index is 888. The highest BCUT2D eigenvalue weighted by Crippen LogP contribution is 2.35. The molecule has 1 fully saturated rings. The molecule has 0 saturated heterocycles. The molecule has 7 heteroatoms.